The maximum atomic E-state index is 13.2. The van der Waals surface area contributed by atoms with Crippen LogP contribution in [0.15, 0.2) is 76.7 Å². The zero-order valence-corrected chi connectivity index (χ0v) is 25.7. The van der Waals surface area contributed by atoms with Gasteiger partial charge in [0.25, 0.3) is 5.91 Å². The molecule has 1 atom stereocenters. The fraction of sp³-hybridized carbons (Fsp3) is 0.344. The minimum Gasteiger partial charge on any atom is -0.505 e. The van der Waals surface area contributed by atoms with Gasteiger partial charge in [-0.15, -0.1) is 0 Å². The molecule has 0 spiro atoms. The van der Waals surface area contributed by atoms with Crippen molar-refractivity contribution >= 4 is 35.2 Å². The van der Waals surface area contributed by atoms with Crippen LogP contribution in [0.3, 0.4) is 0 Å². The van der Waals surface area contributed by atoms with Gasteiger partial charge in [0.2, 0.25) is 0 Å². The van der Waals surface area contributed by atoms with Crippen LogP contribution in [0, 0.1) is 12.3 Å². The molecule has 0 radical (unpaired) electrons. The molecule has 0 fully saturated rings. The summed E-state index contributed by atoms with van der Waals surface area (Å²) in [7, 11) is 1.70. The number of carbonyl (C=O) groups excluding carboxylic acids is 1. The Kier molecular flexibility index (Phi) is 10.8. The van der Waals surface area contributed by atoms with Gasteiger partial charge < -0.3 is 25.2 Å². The number of phenols is 1. The molecule has 41 heavy (non-hydrogen) atoms. The van der Waals surface area contributed by atoms with Crippen LogP contribution < -0.4 is 15.2 Å². The van der Waals surface area contributed by atoms with Gasteiger partial charge in [-0.05, 0) is 54.2 Å². The third-order valence-corrected chi connectivity index (χ3v) is 6.84. The molecule has 0 aliphatic carbocycles. The van der Waals surface area contributed by atoms with Crippen LogP contribution in [0.5, 0.6) is 11.5 Å². The van der Waals surface area contributed by atoms with Crippen molar-refractivity contribution in [3.05, 3.63) is 89.0 Å². The molecule has 1 amide bonds. The molecule has 0 bridgehead atoms. The molecule has 0 unspecified atom stereocenters. The zero-order valence-electron chi connectivity index (χ0n) is 24.9. The number of carbonyl (C=O) groups is 1. The lowest BCUT2D eigenvalue weighted by atomic mass is 9.82. The Morgan fingerprint density at radius 1 is 1.12 bits per heavy atom. The first-order valence-electron chi connectivity index (χ1n) is 13.5. The highest BCUT2D eigenvalue weighted by molar-refractivity contribution is 7.97. The highest BCUT2D eigenvalue weighted by atomic mass is 32.2. The summed E-state index contributed by atoms with van der Waals surface area (Å²) in [6.07, 6.45) is 1.87. The molecular weight excluding hydrogens is 534 g/mol. The number of aliphatic imine (C=N–C) groups is 2. The second-order valence-corrected chi connectivity index (χ2v) is 11.4. The third kappa shape index (κ3) is 8.27. The Hall–Kier alpha value is -3.98. The normalized spacial score (nSPS) is 13.0. The number of hydrogen-bond acceptors (Lipinski definition) is 6. The standard InChI is InChI=1S/C32H41N5O3S/c1-8-40-26-19-23(18-17-21(26)2)28(32(3,4)5)35-30(36-41-7)29(33)34-25-16-12-15-24(27(25)38)31(39)37(6)20-22-13-10-9-11-14-22/h9-19,28,38H,8,20H2,1-7H3,(H2,33,34)(H,35,36)/t28-/m0/s1. The number of benzene rings is 3. The van der Waals surface area contributed by atoms with Gasteiger partial charge in [0.15, 0.2) is 17.4 Å². The summed E-state index contributed by atoms with van der Waals surface area (Å²) in [6.45, 7) is 11.3. The van der Waals surface area contributed by atoms with E-state index in [0.717, 1.165) is 22.4 Å². The quantitative estimate of drug-likeness (QED) is 0.154. The number of phenolic OH excluding ortho intramolecular Hbond substituents is 1. The van der Waals surface area contributed by atoms with Gasteiger partial charge in [-0.3, -0.25) is 9.79 Å². The zero-order chi connectivity index (χ0) is 30.2. The largest absolute Gasteiger partial charge is 0.505 e. The molecule has 0 aliphatic heterocycles. The van der Waals surface area contributed by atoms with Crippen molar-refractivity contribution < 1.29 is 14.6 Å². The number of aromatic hydroxyl groups is 1. The van der Waals surface area contributed by atoms with Crippen molar-refractivity contribution in [2.24, 2.45) is 21.1 Å². The van der Waals surface area contributed by atoms with E-state index in [1.54, 1.807) is 30.1 Å². The second-order valence-electron chi connectivity index (χ2n) is 10.8. The van der Waals surface area contributed by atoms with E-state index in [1.165, 1.54) is 11.9 Å². The number of para-hydroxylation sites is 1. The molecule has 9 heteroatoms. The number of nitrogens with zero attached hydrogens (tertiary/aromatic N) is 3. The van der Waals surface area contributed by atoms with Crippen molar-refractivity contribution in [3.8, 4) is 11.5 Å². The van der Waals surface area contributed by atoms with Gasteiger partial charge in [-0.2, -0.15) is 0 Å². The predicted molar refractivity (Wildman–Crippen MR) is 170 cm³/mol. The van der Waals surface area contributed by atoms with Crippen molar-refractivity contribution in [3.63, 3.8) is 0 Å². The topological polar surface area (TPSA) is 113 Å². The van der Waals surface area contributed by atoms with Crippen molar-refractivity contribution in [2.45, 2.75) is 47.2 Å². The molecule has 3 rings (SSSR count). The molecule has 4 N–H and O–H groups in total. The number of hydrogen-bond donors (Lipinski definition) is 3. The minimum atomic E-state index is -0.324. The van der Waals surface area contributed by atoms with E-state index in [9.17, 15) is 9.90 Å². The van der Waals surface area contributed by atoms with E-state index in [0.29, 0.717) is 19.0 Å². The van der Waals surface area contributed by atoms with Crippen molar-refractivity contribution in [1.29, 1.82) is 0 Å². The summed E-state index contributed by atoms with van der Waals surface area (Å²) in [6, 6.07) is 20.4. The smallest absolute Gasteiger partial charge is 0.257 e. The first-order chi connectivity index (χ1) is 19.5. The predicted octanol–water partition coefficient (Wildman–Crippen LogP) is 6.41. The minimum absolute atomic E-state index is 0.0864. The fourth-order valence-corrected chi connectivity index (χ4v) is 4.70. The van der Waals surface area contributed by atoms with E-state index >= 15 is 0 Å². The van der Waals surface area contributed by atoms with E-state index in [1.807, 2.05) is 68.6 Å². The van der Waals surface area contributed by atoms with Gasteiger partial charge in [0.05, 0.1) is 18.2 Å². The van der Waals surface area contributed by atoms with Crippen LogP contribution in [0.1, 0.15) is 60.8 Å². The van der Waals surface area contributed by atoms with Gasteiger partial charge >= 0.3 is 0 Å². The Balaban J connectivity index is 1.98. The van der Waals surface area contributed by atoms with Crippen molar-refractivity contribution in [2.75, 3.05) is 19.9 Å². The van der Waals surface area contributed by atoms with Gasteiger partial charge in [0, 0.05) is 19.8 Å². The number of nitrogens with two attached hydrogens (primary N) is 1. The number of nitrogens with one attached hydrogen (secondary N) is 1. The summed E-state index contributed by atoms with van der Waals surface area (Å²) in [5, 5.41) is 11.0. The molecule has 0 aromatic heterocycles. The first-order valence-corrected chi connectivity index (χ1v) is 14.7. The average Bonchev–Trinajstić information content (AvgIpc) is 2.93. The summed E-state index contributed by atoms with van der Waals surface area (Å²) in [4.78, 5) is 24.3. The molecular formula is C32H41N5O3S. The van der Waals surface area contributed by atoms with Crippen LogP contribution in [0.4, 0.5) is 5.69 Å². The molecule has 0 saturated carbocycles. The van der Waals surface area contributed by atoms with Crippen LogP contribution in [-0.4, -0.2) is 47.5 Å². The Bertz CT molecular complexity index is 1400. The monoisotopic (exact) mass is 575 g/mol. The molecule has 218 valence electrons. The lowest BCUT2D eigenvalue weighted by Crippen LogP contribution is -2.34. The van der Waals surface area contributed by atoms with Crippen LogP contribution in [-0.2, 0) is 6.54 Å². The van der Waals surface area contributed by atoms with Crippen LogP contribution in [0.25, 0.3) is 0 Å². The Morgan fingerprint density at radius 3 is 2.46 bits per heavy atom. The molecule has 0 heterocycles. The van der Waals surface area contributed by atoms with E-state index in [2.05, 4.69) is 30.5 Å². The molecule has 3 aromatic carbocycles. The molecule has 0 aliphatic rings. The number of amidine groups is 2. The van der Waals surface area contributed by atoms with Crippen LogP contribution >= 0.6 is 11.9 Å². The average molecular weight is 576 g/mol. The van der Waals surface area contributed by atoms with E-state index in [-0.39, 0.29) is 40.2 Å². The SMILES string of the molecule is CCOc1cc([C@H](N=C(NSC)C(N)=Nc2cccc(C(=O)N(C)Cc3ccccc3)c2O)C(C)(C)C)ccc1C. The second kappa shape index (κ2) is 14.1. The summed E-state index contributed by atoms with van der Waals surface area (Å²) < 4.78 is 8.99. The van der Waals surface area contributed by atoms with Crippen LogP contribution in [0.2, 0.25) is 0 Å². The third-order valence-electron chi connectivity index (χ3n) is 6.44. The molecule has 0 saturated heterocycles. The molecule has 3 aromatic rings. The molecule has 8 nitrogen and oxygen atoms in total. The number of rotatable bonds is 9. The fourth-order valence-electron chi connectivity index (χ4n) is 4.35. The Labute approximate surface area is 247 Å². The summed E-state index contributed by atoms with van der Waals surface area (Å²) >= 11 is 1.34. The van der Waals surface area contributed by atoms with Crippen molar-refractivity contribution in [1.82, 2.24) is 9.62 Å². The first kappa shape index (κ1) is 31.5. The maximum Gasteiger partial charge on any atom is 0.257 e. The van der Waals surface area contributed by atoms with Gasteiger partial charge in [-0.1, -0.05) is 81.3 Å². The van der Waals surface area contributed by atoms with Gasteiger partial charge in [-0.25, -0.2) is 4.99 Å². The highest BCUT2D eigenvalue weighted by Crippen LogP contribution is 2.38. The Morgan fingerprint density at radius 2 is 1.83 bits per heavy atom. The summed E-state index contributed by atoms with van der Waals surface area (Å²) in [5.41, 5.74) is 9.56. The van der Waals surface area contributed by atoms with E-state index < -0.39 is 0 Å². The number of aryl methyl sites for hydroxylation is 1. The summed E-state index contributed by atoms with van der Waals surface area (Å²) in [5.74, 6) is 0.710. The van der Waals surface area contributed by atoms with E-state index in [4.69, 9.17) is 15.5 Å². The van der Waals surface area contributed by atoms with Gasteiger partial charge in [0.1, 0.15) is 11.4 Å². The lowest BCUT2D eigenvalue weighted by molar-refractivity contribution is 0.0782. The lowest BCUT2D eigenvalue weighted by Gasteiger charge is -2.29. The maximum absolute atomic E-state index is 13.2. The number of ether oxygens (including phenoxy) is 1. The highest BCUT2D eigenvalue weighted by Gasteiger charge is 2.28. The number of amides is 1.